The van der Waals surface area contributed by atoms with Gasteiger partial charge in [-0.1, -0.05) is 6.07 Å². The van der Waals surface area contributed by atoms with Gasteiger partial charge in [-0.15, -0.1) is 0 Å². The van der Waals surface area contributed by atoms with Gasteiger partial charge in [-0.25, -0.2) is 0 Å². The van der Waals surface area contributed by atoms with Crippen LogP contribution >= 0.6 is 0 Å². The largest absolute Gasteiger partial charge is 0.496 e. The van der Waals surface area contributed by atoms with Crippen LogP contribution in [0.15, 0.2) is 36.4 Å². The molecule has 0 saturated carbocycles. The lowest BCUT2D eigenvalue weighted by molar-refractivity contribution is -0.116. The Hall–Kier alpha value is -3.22. The van der Waals surface area contributed by atoms with Crippen molar-refractivity contribution < 1.29 is 23.8 Å². The van der Waals surface area contributed by atoms with E-state index in [1.54, 1.807) is 44.5 Å². The van der Waals surface area contributed by atoms with E-state index in [1.807, 2.05) is 26.8 Å². The summed E-state index contributed by atoms with van der Waals surface area (Å²) in [6.45, 7) is 6.57. The average molecular weight is 400 g/mol. The van der Waals surface area contributed by atoms with E-state index in [2.05, 4.69) is 5.32 Å². The number of benzene rings is 2. The molecule has 0 aromatic heterocycles. The molecular formula is C22H28N2O5. The van der Waals surface area contributed by atoms with E-state index < -0.39 is 0 Å². The van der Waals surface area contributed by atoms with Crippen molar-refractivity contribution in [1.29, 1.82) is 0 Å². The standard InChI is InChI=1S/C22H28N2O5/c1-6-28-18-11-10-17(13-20(18)29-7-2)23-21(25)14-24(4)22(26)16-9-8-15(3)19(12-16)27-5/h8-13H,6-7,14H2,1-5H3,(H,23,25). The minimum atomic E-state index is -0.313. The van der Waals surface area contributed by atoms with Gasteiger partial charge in [0.2, 0.25) is 5.91 Å². The maximum atomic E-state index is 12.6. The van der Waals surface area contributed by atoms with Gasteiger partial charge in [0, 0.05) is 24.4 Å². The number of aryl methyl sites for hydroxylation is 1. The quantitative estimate of drug-likeness (QED) is 0.697. The Bertz CT molecular complexity index is 866. The van der Waals surface area contributed by atoms with Crippen LogP contribution in [-0.2, 0) is 4.79 Å². The molecule has 0 aliphatic carbocycles. The molecule has 0 aliphatic heterocycles. The van der Waals surface area contributed by atoms with Crippen molar-refractivity contribution in [2.75, 3.05) is 39.2 Å². The summed E-state index contributed by atoms with van der Waals surface area (Å²) in [5.74, 6) is 1.23. The Balaban J connectivity index is 2.04. The van der Waals surface area contributed by atoms with Crippen molar-refractivity contribution in [2.24, 2.45) is 0 Å². The van der Waals surface area contributed by atoms with Crippen LogP contribution in [0.1, 0.15) is 29.8 Å². The van der Waals surface area contributed by atoms with Gasteiger partial charge in [-0.3, -0.25) is 9.59 Å². The molecule has 0 unspecified atom stereocenters. The molecule has 0 radical (unpaired) electrons. The number of methoxy groups -OCH3 is 1. The fourth-order valence-electron chi connectivity index (χ4n) is 2.79. The second-order valence-electron chi connectivity index (χ2n) is 6.42. The molecule has 2 aromatic carbocycles. The van der Waals surface area contributed by atoms with E-state index in [0.717, 1.165) is 5.56 Å². The van der Waals surface area contributed by atoms with Crippen LogP contribution < -0.4 is 19.5 Å². The molecule has 0 aliphatic rings. The molecule has 29 heavy (non-hydrogen) atoms. The SMILES string of the molecule is CCOc1ccc(NC(=O)CN(C)C(=O)c2ccc(C)c(OC)c2)cc1OCC. The number of nitrogens with one attached hydrogen (secondary N) is 1. The molecule has 1 N–H and O–H groups in total. The summed E-state index contributed by atoms with van der Waals surface area (Å²) in [5.41, 5.74) is 1.97. The molecule has 156 valence electrons. The van der Waals surface area contributed by atoms with Crippen LogP contribution in [0.25, 0.3) is 0 Å². The highest BCUT2D eigenvalue weighted by molar-refractivity contribution is 5.99. The fraction of sp³-hybridized carbons (Fsp3) is 0.364. The highest BCUT2D eigenvalue weighted by atomic mass is 16.5. The van der Waals surface area contributed by atoms with Gasteiger partial charge >= 0.3 is 0 Å². The number of ether oxygens (including phenoxy) is 3. The minimum Gasteiger partial charge on any atom is -0.496 e. The zero-order valence-corrected chi connectivity index (χ0v) is 17.6. The lowest BCUT2D eigenvalue weighted by Gasteiger charge is -2.18. The summed E-state index contributed by atoms with van der Waals surface area (Å²) in [6, 6.07) is 10.4. The molecule has 2 aromatic rings. The first-order valence-corrected chi connectivity index (χ1v) is 9.49. The van der Waals surface area contributed by atoms with Crippen LogP contribution in [-0.4, -0.2) is 50.6 Å². The third-order valence-corrected chi connectivity index (χ3v) is 4.21. The van der Waals surface area contributed by atoms with E-state index in [-0.39, 0.29) is 18.4 Å². The molecule has 0 saturated heterocycles. The number of anilines is 1. The van der Waals surface area contributed by atoms with E-state index in [9.17, 15) is 9.59 Å². The zero-order chi connectivity index (χ0) is 21.4. The number of nitrogens with zero attached hydrogens (tertiary/aromatic N) is 1. The lowest BCUT2D eigenvalue weighted by Crippen LogP contribution is -2.34. The van der Waals surface area contributed by atoms with Gasteiger partial charge in [-0.2, -0.15) is 0 Å². The molecule has 0 heterocycles. The van der Waals surface area contributed by atoms with Crippen LogP contribution in [0.4, 0.5) is 5.69 Å². The Kier molecular flexibility index (Phi) is 7.88. The second-order valence-corrected chi connectivity index (χ2v) is 6.42. The smallest absolute Gasteiger partial charge is 0.254 e. The Morgan fingerprint density at radius 2 is 1.66 bits per heavy atom. The van der Waals surface area contributed by atoms with Gasteiger partial charge in [0.05, 0.1) is 26.9 Å². The predicted molar refractivity (Wildman–Crippen MR) is 112 cm³/mol. The summed E-state index contributed by atoms with van der Waals surface area (Å²) in [5, 5.41) is 2.79. The summed E-state index contributed by atoms with van der Waals surface area (Å²) in [4.78, 5) is 26.4. The number of likely N-dealkylation sites (N-methyl/N-ethyl adjacent to an activating group) is 1. The highest BCUT2D eigenvalue weighted by Crippen LogP contribution is 2.30. The van der Waals surface area contributed by atoms with E-state index in [1.165, 1.54) is 4.90 Å². The second kappa shape index (κ2) is 10.4. The molecule has 0 atom stereocenters. The Labute approximate surface area is 171 Å². The number of amides is 2. The normalized spacial score (nSPS) is 10.2. The molecular weight excluding hydrogens is 372 g/mol. The highest BCUT2D eigenvalue weighted by Gasteiger charge is 2.17. The van der Waals surface area contributed by atoms with Crippen molar-refractivity contribution in [1.82, 2.24) is 4.90 Å². The van der Waals surface area contributed by atoms with E-state index >= 15 is 0 Å². The Morgan fingerprint density at radius 3 is 2.31 bits per heavy atom. The fourth-order valence-corrected chi connectivity index (χ4v) is 2.79. The zero-order valence-electron chi connectivity index (χ0n) is 17.6. The number of carbonyl (C=O) groups excluding carboxylic acids is 2. The molecule has 2 amide bonds. The predicted octanol–water partition coefficient (Wildman–Crippen LogP) is 3.51. The third kappa shape index (κ3) is 5.88. The number of rotatable bonds is 9. The van der Waals surface area contributed by atoms with Gasteiger partial charge in [-0.05, 0) is 50.6 Å². The van der Waals surface area contributed by atoms with Gasteiger partial charge in [0.1, 0.15) is 5.75 Å². The first-order valence-electron chi connectivity index (χ1n) is 9.49. The van der Waals surface area contributed by atoms with Crippen molar-refractivity contribution in [2.45, 2.75) is 20.8 Å². The van der Waals surface area contributed by atoms with Crippen molar-refractivity contribution in [3.05, 3.63) is 47.5 Å². The van der Waals surface area contributed by atoms with Gasteiger partial charge < -0.3 is 24.4 Å². The molecule has 0 bridgehead atoms. The maximum absolute atomic E-state index is 12.6. The monoisotopic (exact) mass is 400 g/mol. The summed E-state index contributed by atoms with van der Waals surface area (Å²) < 4.78 is 16.4. The minimum absolute atomic E-state index is 0.0911. The number of carbonyl (C=O) groups is 2. The summed E-state index contributed by atoms with van der Waals surface area (Å²) in [7, 11) is 3.14. The summed E-state index contributed by atoms with van der Waals surface area (Å²) in [6.07, 6.45) is 0. The van der Waals surface area contributed by atoms with Crippen LogP contribution in [0.2, 0.25) is 0 Å². The third-order valence-electron chi connectivity index (χ3n) is 4.21. The molecule has 7 heteroatoms. The first-order chi connectivity index (χ1) is 13.9. The lowest BCUT2D eigenvalue weighted by atomic mass is 10.1. The number of hydrogen-bond donors (Lipinski definition) is 1. The van der Waals surface area contributed by atoms with Gasteiger partial charge in [0.15, 0.2) is 11.5 Å². The molecule has 0 fully saturated rings. The molecule has 2 rings (SSSR count). The van der Waals surface area contributed by atoms with Crippen LogP contribution in [0.3, 0.4) is 0 Å². The number of hydrogen-bond acceptors (Lipinski definition) is 5. The van der Waals surface area contributed by atoms with Crippen molar-refractivity contribution in [3.63, 3.8) is 0 Å². The maximum Gasteiger partial charge on any atom is 0.254 e. The average Bonchev–Trinajstić information content (AvgIpc) is 2.70. The molecule has 7 nitrogen and oxygen atoms in total. The Morgan fingerprint density at radius 1 is 0.966 bits per heavy atom. The molecule has 0 spiro atoms. The van der Waals surface area contributed by atoms with Gasteiger partial charge in [0.25, 0.3) is 5.91 Å². The first kappa shape index (κ1) is 22.1. The summed E-state index contributed by atoms with van der Waals surface area (Å²) >= 11 is 0. The van der Waals surface area contributed by atoms with E-state index in [0.29, 0.717) is 41.7 Å². The van der Waals surface area contributed by atoms with Crippen molar-refractivity contribution in [3.8, 4) is 17.2 Å². The van der Waals surface area contributed by atoms with Crippen molar-refractivity contribution >= 4 is 17.5 Å². The topological polar surface area (TPSA) is 77.1 Å². The van der Waals surface area contributed by atoms with Crippen LogP contribution in [0.5, 0.6) is 17.2 Å². The van der Waals surface area contributed by atoms with Crippen LogP contribution in [0, 0.1) is 6.92 Å². The van der Waals surface area contributed by atoms with E-state index in [4.69, 9.17) is 14.2 Å².